The molecule has 0 saturated carbocycles. The molecule has 8 nitrogen and oxygen atoms in total. The molecule has 0 spiro atoms. The Balaban J connectivity index is 1.28. The van der Waals surface area contributed by atoms with E-state index in [1.54, 1.807) is 0 Å². The third-order valence-electron chi connectivity index (χ3n) is 6.14. The lowest BCUT2D eigenvalue weighted by Gasteiger charge is -2.36. The van der Waals surface area contributed by atoms with Gasteiger partial charge < -0.3 is 19.3 Å². The second-order valence-electron chi connectivity index (χ2n) is 7.96. The van der Waals surface area contributed by atoms with Gasteiger partial charge in [0.1, 0.15) is 11.9 Å². The van der Waals surface area contributed by atoms with Gasteiger partial charge in [0, 0.05) is 12.1 Å². The molecule has 3 aromatic rings. The van der Waals surface area contributed by atoms with Gasteiger partial charge in [0.15, 0.2) is 11.5 Å². The summed E-state index contributed by atoms with van der Waals surface area (Å²) < 4.78 is 26.0. The minimum absolute atomic E-state index is 0.201. The van der Waals surface area contributed by atoms with Crippen LogP contribution >= 0.6 is 0 Å². The van der Waals surface area contributed by atoms with Gasteiger partial charge >= 0.3 is 0 Å². The summed E-state index contributed by atoms with van der Waals surface area (Å²) in [7, 11) is 0. The fourth-order valence-electron chi connectivity index (χ4n) is 4.49. The van der Waals surface area contributed by atoms with E-state index in [2.05, 4.69) is 27.3 Å². The predicted octanol–water partition coefficient (Wildman–Crippen LogP) is 1.45. The van der Waals surface area contributed by atoms with Crippen molar-refractivity contribution in [1.29, 1.82) is 0 Å². The Morgan fingerprint density at radius 1 is 1.06 bits per heavy atom. The van der Waals surface area contributed by atoms with E-state index < -0.39 is 0 Å². The first-order valence-electron chi connectivity index (χ1n) is 10.7. The third-order valence-corrected chi connectivity index (χ3v) is 6.14. The van der Waals surface area contributed by atoms with Gasteiger partial charge in [-0.2, -0.15) is 0 Å². The highest BCUT2D eigenvalue weighted by Crippen LogP contribution is 2.32. The molecule has 0 amide bonds. The number of halogens is 1. The fraction of sp³-hybridized carbons (Fsp3) is 0.409. The second kappa shape index (κ2) is 8.50. The highest BCUT2D eigenvalue weighted by molar-refractivity contribution is 5.46. The van der Waals surface area contributed by atoms with E-state index in [4.69, 9.17) is 9.47 Å². The van der Waals surface area contributed by atoms with Gasteiger partial charge in [0.05, 0.1) is 32.7 Å². The van der Waals surface area contributed by atoms with Crippen molar-refractivity contribution in [2.24, 2.45) is 0 Å². The van der Waals surface area contributed by atoms with Gasteiger partial charge in [-0.05, 0) is 52.4 Å². The quantitative estimate of drug-likeness (QED) is 0.645. The minimum atomic E-state index is -0.201. The number of piperazine rings is 1. The van der Waals surface area contributed by atoms with Gasteiger partial charge in [-0.3, -0.25) is 0 Å². The molecule has 1 fully saturated rings. The van der Waals surface area contributed by atoms with Crippen molar-refractivity contribution in [2.75, 3.05) is 37.9 Å². The molecule has 3 heterocycles. The Bertz CT molecular complexity index is 1030. The van der Waals surface area contributed by atoms with Gasteiger partial charge in [0.25, 0.3) is 0 Å². The van der Waals surface area contributed by atoms with E-state index in [0.29, 0.717) is 6.54 Å². The summed E-state index contributed by atoms with van der Waals surface area (Å²) in [6.45, 7) is 6.83. The van der Waals surface area contributed by atoms with Gasteiger partial charge in [-0.15, -0.1) is 5.10 Å². The van der Waals surface area contributed by atoms with Gasteiger partial charge in [-0.1, -0.05) is 13.0 Å². The Labute approximate surface area is 180 Å². The molecular formula is C22H26FN6O2+. The Hall–Kier alpha value is -3.20. The van der Waals surface area contributed by atoms with Crippen molar-refractivity contribution >= 4 is 5.69 Å². The molecule has 0 radical (unpaired) electrons. The molecule has 1 aromatic heterocycles. The van der Waals surface area contributed by atoms with E-state index in [-0.39, 0.29) is 18.7 Å². The number of nitrogens with one attached hydrogen (secondary N) is 1. The molecule has 1 N–H and O–H groups in total. The zero-order valence-electron chi connectivity index (χ0n) is 17.5. The first-order chi connectivity index (χ1) is 15.2. The summed E-state index contributed by atoms with van der Waals surface area (Å²) in [5.74, 6) is 2.25. The van der Waals surface area contributed by atoms with Crippen molar-refractivity contribution in [3.63, 3.8) is 0 Å². The van der Waals surface area contributed by atoms with Crippen LogP contribution in [0.3, 0.4) is 0 Å². The Morgan fingerprint density at radius 2 is 1.84 bits per heavy atom. The maximum atomic E-state index is 13.2. The number of ether oxygens (including phenoxy) is 2. The highest BCUT2D eigenvalue weighted by atomic mass is 19.1. The Kier molecular flexibility index (Phi) is 5.42. The van der Waals surface area contributed by atoms with Crippen molar-refractivity contribution in [1.82, 2.24) is 20.2 Å². The molecule has 2 aliphatic rings. The van der Waals surface area contributed by atoms with E-state index in [9.17, 15) is 4.39 Å². The van der Waals surface area contributed by atoms with Crippen LogP contribution in [-0.4, -0.2) is 53.2 Å². The number of anilines is 1. The van der Waals surface area contributed by atoms with Gasteiger partial charge in [-0.25, -0.2) is 9.07 Å². The van der Waals surface area contributed by atoms with E-state index in [1.807, 2.05) is 35.0 Å². The monoisotopic (exact) mass is 425 g/mol. The maximum absolute atomic E-state index is 13.2. The van der Waals surface area contributed by atoms with Crippen LogP contribution in [-0.2, 0) is 6.54 Å². The summed E-state index contributed by atoms with van der Waals surface area (Å²) in [6.07, 6.45) is 0.952. The molecule has 2 aromatic carbocycles. The van der Waals surface area contributed by atoms with Crippen molar-refractivity contribution < 1.29 is 18.8 Å². The topological polar surface area (TPSA) is 69.7 Å². The summed E-state index contributed by atoms with van der Waals surface area (Å²) in [4.78, 5) is 3.79. The molecule has 1 saturated heterocycles. The van der Waals surface area contributed by atoms with E-state index in [1.165, 1.54) is 17.0 Å². The number of tetrazole rings is 1. The molecule has 162 valence electrons. The van der Waals surface area contributed by atoms with Gasteiger partial charge in [0.2, 0.25) is 12.6 Å². The minimum Gasteiger partial charge on any atom is -0.454 e. The summed E-state index contributed by atoms with van der Waals surface area (Å²) in [5, 5.41) is 12.6. The number of quaternary nitrogens is 1. The smallest absolute Gasteiger partial charge is 0.231 e. The summed E-state index contributed by atoms with van der Waals surface area (Å²) in [5.41, 5.74) is 2.14. The highest BCUT2D eigenvalue weighted by Gasteiger charge is 2.31. The average molecular weight is 425 g/mol. The molecule has 9 heteroatoms. The van der Waals surface area contributed by atoms with E-state index in [0.717, 1.165) is 61.2 Å². The molecule has 1 atom stereocenters. The zero-order valence-corrected chi connectivity index (χ0v) is 17.5. The zero-order chi connectivity index (χ0) is 21.2. The third kappa shape index (κ3) is 4.05. The van der Waals surface area contributed by atoms with Crippen LogP contribution in [0.15, 0.2) is 42.5 Å². The van der Waals surface area contributed by atoms with Crippen LogP contribution in [0.2, 0.25) is 0 Å². The molecule has 31 heavy (non-hydrogen) atoms. The lowest BCUT2D eigenvalue weighted by Crippen LogP contribution is -3.15. The second-order valence-corrected chi connectivity index (χ2v) is 7.96. The maximum Gasteiger partial charge on any atom is 0.231 e. The lowest BCUT2D eigenvalue weighted by atomic mass is 10.1. The van der Waals surface area contributed by atoms with Crippen LogP contribution in [0, 0.1) is 5.82 Å². The van der Waals surface area contributed by atoms with Crippen molar-refractivity contribution in [2.45, 2.75) is 25.9 Å². The molecular weight excluding hydrogens is 399 g/mol. The predicted molar refractivity (Wildman–Crippen MR) is 112 cm³/mol. The average Bonchev–Trinajstić information content (AvgIpc) is 3.45. The molecule has 2 aliphatic heterocycles. The van der Waals surface area contributed by atoms with Crippen molar-refractivity contribution in [3.8, 4) is 11.5 Å². The van der Waals surface area contributed by atoms with Crippen LogP contribution in [0.25, 0.3) is 0 Å². The normalized spacial score (nSPS) is 17.2. The number of benzene rings is 2. The fourth-order valence-corrected chi connectivity index (χ4v) is 4.49. The number of nitrogens with zero attached hydrogens (tertiary/aromatic N) is 5. The van der Waals surface area contributed by atoms with Crippen LogP contribution < -0.4 is 19.3 Å². The van der Waals surface area contributed by atoms with Crippen molar-refractivity contribution in [3.05, 3.63) is 59.7 Å². The van der Waals surface area contributed by atoms with Crippen LogP contribution in [0.1, 0.15) is 30.8 Å². The number of hydrogen-bond donors (Lipinski definition) is 1. The molecule has 0 unspecified atom stereocenters. The molecule has 0 bridgehead atoms. The van der Waals surface area contributed by atoms with Crippen LogP contribution in [0.5, 0.6) is 11.5 Å². The summed E-state index contributed by atoms with van der Waals surface area (Å²) in [6, 6.07) is 12.9. The first kappa shape index (κ1) is 19.7. The van der Waals surface area contributed by atoms with Crippen LogP contribution in [0.4, 0.5) is 10.1 Å². The first-order valence-corrected chi connectivity index (χ1v) is 10.7. The van der Waals surface area contributed by atoms with E-state index >= 15 is 0 Å². The number of aromatic nitrogens is 4. The standard InChI is InChI=1S/C22H25FN6O2/c1-2-19(28-11-9-27(10-12-28)18-6-4-17(23)5-7-18)22-24-25-26-29(22)14-16-3-8-20-21(13-16)31-15-30-20/h3-8,13,19H,2,9-12,14-15H2,1H3/p+1/t19-/m1/s1. The largest absolute Gasteiger partial charge is 0.454 e. The molecule has 5 rings (SSSR count). The summed E-state index contributed by atoms with van der Waals surface area (Å²) >= 11 is 0. The lowest BCUT2D eigenvalue weighted by molar-refractivity contribution is -0.933. The Morgan fingerprint density at radius 3 is 2.61 bits per heavy atom. The number of fused-ring (bicyclic) bond motifs is 1. The molecule has 0 aliphatic carbocycles. The number of rotatable bonds is 6. The SMILES string of the molecule is CC[C@H](c1nnnn1Cc1ccc2c(c1)OCO2)[NH+]1CCN(c2ccc(F)cc2)CC1. The number of hydrogen-bond acceptors (Lipinski definition) is 6.